The van der Waals surface area contributed by atoms with Gasteiger partial charge in [-0.2, -0.15) is 18.2 Å². The van der Waals surface area contributed by atoms with Crippen molar-refractivity contribution in [1.29, 1.82) is 0 Å². The van der Waals surface area contributed by atoms with Crippen molar-refractivity contribution < 1.29 is 26.8 Å². The summed E-state index contributed by atoms with van der Waals surface area (Å²) in [5.41, 5.74) is 0.348. The zero-order valence-corrected chi connectivity index (χ0v) is 20.3. The van der Waals surface area contributed by atoms with Crippen molar-refractivity contribution in [2.24, 2.45) is 4.99 Å². The molecule has 0 fully saturated rings. The largest absolute Gasteiger partial charge is 0.438 e. The molecule has 1 aromatic carbocycles. The standard InChI is InChI=1S/C21H15F3N4O3.2C2H6/c1-3-12-8-9-28(20(29)16(12)25-2)18-17(31-19(27-18)15-10-26-11-30-15)13-4-6-14(7-5-13)21(22,23)24;2*1-2/h3-11H,1-2H3;2*1-2H3/b12-3-,25-16?;;. The molecule has 2 aromatic heterocycles. The maximum Gasteiger partial charge on any atom is 0.416 e. The number of allylic oxidation sites excluding steroid dienone is 2. The number of alkyl halides is 3. The Hall–Kier alpha value is -3.95. The number of aliphatic imine (C=N–C) groups is 1. The van der Waals surface area contributed by atoms with Crippen LogP contribution in [0.5, 0.6) is 0 Å². The van der Waals surface area contributed by atoms with Gasteiger partial charge in [0.15, 0.2) is 18.0 Å². The molecule has 10 heteroatoms. The highest BCUT2D eigenvalue weighted by Gasteiger charge is 2.33. The molecule has 1 aliphatic heterocycles. The van der Waals surface area contributed by atoms with Crippen molar-refractivity contribution in [3.8, 4) is 23.0 Å². The van der Waals surface area contributed by atoms with E-state index in [1.807, 2.05) is 27.7 Å². The molecule has 3 aromatic rings. The minimum atomic E-state index is -4.48. The van der Waals surface area contributed by atoms with Crippen LogP contribution in [-0.2, 0) is 11.0 Å². The van der Waals surface area contributed by atoms with E-state index in [0.717, 1.165) is 12.1 Å². The summed E-state index contributed by atoms with van der Waals surface area (Å²) in [4.78, 5) is 26.5. The van der Waals surface area contributed by atoms with Crippen LogP contribution in [0.15, 0.2) is 74.6 Å². The first-order chi connectivity index (χ1) is 16.8. The fourth-order valence-corrected chi connectivity index (χ4v) is 3.06. The molecule has 0 N–H and O–H groups in total. The molecule has 0 saturated heterocycles. The molecule has 0 aliphatic carbocycles. The number of hydrogen-bond acceptors (Lipinski definition) is 6. The Morgan fingerprint density at radius 2 is 1.74 bits per heavy atom. The normalized spacial score (nSPS) is 15.6. The summed E-state index contributed by atoms with van der Waals surface area (Å²) < 4.78 is 49.8. The Labute approximate surface area is 201 Å². The SMILES string of the molecule is C/C=C1/C=CN(c2nc(-c3cnco3)oc2-c2ccc(C(F)(F)F)cc2)C(=O)C1=NC.CC.CC. The van der Waals surface area contributed by atoms with Crippen LogP contribution in [0.2, 0.25) is 0 Å². The van der Waals surface area contributed by atoms with Crippen LogP contribution >= 0.6 is 0 Å². The number of amides is 1. The van der Waals surface area contributed by atoms with E-state index >= 15 is 0 Å². The number of anilines is 1. The van der Waals surface area contributed by atoms with E-state index < -0.39 is 17.6 Å². The van der Waals surface area contributed by atoms with Crippen LogP contribution in [0.3, 0.4) is 0 Å². The van der Waals surface area contributed by atoms with Crippen LogP contribution in [-0.4, -0.2) is 28.6 Å². The van der Waals surface area contributed by atoms with E-state index in [1.54, 1.807) is 19.1 Å². The molecular formula is C25H27F3N4O3. The highest BCUT2D eigenvalue weighted by molar-refractivity contribution is 6.51. The Bertz CT molecular complexity index is 1210. The second-order valence-electron chi connectivity index (χ2n) is 6.42. The van der Waals surface area contributed by atoms with Gasteiger partial charge in [-0.15, -0.1) is 0 Å². The Morgan fingerprint density at radius 1 is 1.09 bits per heavy atom. The van der Waals surface area contributed by atoms with Crippen LogP contribution in [0, 0.1) is 0 Å². The number of carbonyl (C=O) groups excluding carboxylic acids is 1. The van der Waals surface area contributed by atoms with Gasteiger partial charge < -0.3 is 8.83 Å². The van der Waals surface area contributed by atoms with Crippen molar-refractivity contribution in [3.63, 3.8) is 0 Å². The minimum Gasteiger partial charge on any atom is -0.438 e. The van der Waals surface area contributed by atoms with Crippen LogP contribution in [0.1, 0.15) is 40.2 Å². The van der Waals surface area contributed by atoms with Crippen molar-refractivity contribution in [1.82, 2.24) is 9.97 Å². The third-order valence-corrected chi connectivity index (χ3v) is 4.59. The van der Waals surface area contributed by atoms with Gasteiger partial charge in [0, 0.05) is 24.4 Å². The summed E-state index contributed by atoms with van der Waals surface area (Å²) in [7, 11) is 1.49. The first-order valence-electron chi connectivity index (χ1n) is 11.1. The van der Waals surface area contributed by atoms with Crippen LogP contribution < -0.4 is 4.90 Å². The average Bonchev–Trinajstić information content (AvgIpc) is 3.56. The van der Waals surface area contributed by atoms with E-state index in [1.165, 1.54) is 42.9 Å². The summed E-state index contributed by atoms with van der Waals surface area (Å²) >= 11 is 0. The van der Waals surface area contributed by atoms with E-state index in [-0.39, 0.29) is 28.9 Å². The first-order valence-corrected chi connectivity index (χ1v) is 11.1. The molecule has 3 heterocycles. The smallest absolute Gasteiger partial charge is 0.416 e. The molecule has 7 nitrogen and oxygen atoms in total. The number of aromatic nitrogens is 2. The van der Waals surface area contributed by atoms with Gasteiger partial charge in [-0.1, -0.05) is 45.9 Å². The van der Waals surface area contributed by atoms with E-state index in [4.69, 9.17) is 8.83 Å². The molecule has 0 spiro atoms. The molecule has 4 rings (SSSR count). The second-order valence-corrected chi connectivity index (χ2v) is 6.42. The van der Waals surface area contributed by atoms with Crippen LogP contribution in [0.25, 0.3) is 23.0 Å². The van der Waals surface area contributed by atoms with Gasteiger partial charge in [-0.05, 0) is 25.1 Å². The molecule has 0 atom stereocenters. The van der Waals surface area contributed by atoms with Gasteiger partial charge >= 0.3 is 6.18 Å². The van der Waals surface area contributed by atoms with Gasteiger partial charge in [-0.25, -0.2) is 4.98 Å². The Kier molecular flexibility index (Phi) is 9.33. The number of halogens is 3. The fourth-order valence-electron chi connectivity index (χ4n) is 3.06. The van der Waals surface area contributed by atoms with Gasteiger partial charge in [0.25, 0.3) is 11.8 Å². The molecule has 186 valence electrons. The summed E-state index contributed by atoms with van der Waals surface area (Å²) in [6, 6.07) is 4.36. The first kappa shape index (κ1) is 27.3. The molecular weight excluding hydrogens is 461 g/mol. The fraction of sp³-hybridized carbons (Fsp3) is 0.280. The monoisotopic (exact) mass is 488 g/mol. The predicted molar refractivity (Wildman–Crippen MR) is 129 cm³/mol. The van der Waals surface area contributed by atoms with Crippen molar-refractivity contribution >= 4 is 17.4 Å². The lowest BCUT2D eigenvalue weighted by Gasteiger charge is -2.22. The lowest BCUT2D eigenvalue weighted by Crippen LogP contribution is -2.36. The number of carbonyl (C=O) groups is 1. The number of nitrogens with zero attached hydrogens (tertiary/aromatic N) is 4. The molecule has 0 bridgehead atoms. The van der Waals surface area contributed by atoms with Gasteiger partial charge in [-0.3, -0.25) is 14.7 Å². The van der Waals surface area contributed by atoms with E-state index in [2.05, 4.69) is 15.0 Å². The highest BCUT2D eigenvalue weighted by atomic mass is 19.4. The molecule has 0 unspecified atom stereocenters. The number of rotatable bonds is 3. The Balaban J connectivity index is 0.00000103. The zero-order chi connectivity index (χ0) is 26.2. The number of oxazole rings is 2. The highest BCUT2D eigenvalue weighted by Crippen LogP contribution is 2.38. The third kappa shape index (κ3) is 5.76. The quantitative estimate of drug-likeness (QED) is 0.398. The molecule has 1 amide bonds. The Morgan fingerprint density at radius 3 is 2.26 bits per heavy atom. The van der Waals surface area contributed by atoms with Crippen molar-refractivity contribution in [2.45, 2.75) is 40.8 Å². The summed E-state index contributed by atoms with van der Waals surface area (Å²) in [6.45, 7) is 9.78. The van der Waals surface area contributed by atoms with Gasteiger partial charge in [0.2, 0.25) is 5.76 Å². The van der Waals surface area contributed by atoms with Crippen molar-refractivity contribution in [2.75, 3.05) is 11.9 Å². The molecule has 35 heavy (non-hydrogen) atoms. The van der Waals surface area contributed by atoms with Crippen LogP contribution in [0.4, 0.5) is 19.0 Å². The van der Waals surface area contributed by atoms with Gasteiger partial charge in [0.1, 0.15) is 5.71 Å². The zero-order valence-electron chi connectivity index (χ0n) is 20.3. The van der Waals surface area contributed by atoms with E-state index in [9.17, 15) is 18.0 Å². The maximum atomic E-state index is 13.0. The number of benzene rings is 1. The molecule has 0 radical (unpaired) electrons. The second kappa shape index (κ2) is 12.0. The van der Waals surface area contributed by atoms with E-state index in [0.29, 0.717) is 11.1 Å². The molecule has 0 saturated carbocycles. The lowest BCUT2D eigenvalue weighted by atomic mass is 10.0. The molecule has 1 aliphatic rings. The van der Waals surface area contributed by atoms with Gasteiger partial charge in [0.05, 0.1) is 11.8 Å². The topological polar surface area (TPSA) is 84.7 Å². The maximum absolute atomic E-state index is 13.0. The minimum absolute atomic E-state index is 0.0235. The van der Waals surface area contributed by atoms with Crippen molar-refractivity contribution in [3.05, 3.63) is 66.3 Å². The summed E-state index contributed by atoms with van der Waals surface area (Å²) in [5, 5.41) is 0. The predicted octanol–water partition coefficient (Wildman–Crippen LogP) is 6.95. The third-order valence-electron chi connectivity index (χ3n) is 4.59. The lowest BCUT2D eigenvalue weighted by molar-refractivity contribution is -0.137. The number of hydrogen-bond donors (Lipinski definition) is 0. The summed E-state index contributed by atoms with van der Waals surface area (Å²) in [5.74, 6) is -0.0494. The summed E-state index contributed by atoms with van der Waals surface area (Å²) in [6.07, 6.45) is 3.01. The average molecular weight is 489 g/mol.